The topological polar surface area (TPSA) is 0 Å². The zero-order chi connectivity index (χ0) is 11.2. The van der Waals surface area contributed by atoms with E-state index in [9.17, 15) is 0 Å². The minimum absolute atomic E-state index is 1.21. The molecule has 0 N–H and O–H groups in total. The lowest BCUT2D eigenvalue weighted by Gasteiger charge is -2.00. The molecule has 0 aliphatic heterocycles. The predicted octanol–water partition coefficient (Wildman–Crippen LogP) is 5.46. The Hall–Kier alpha value is -0.520. The van der Waals surface area contributed by atoms with Gasteiger partial charge in [-0.1, -0.05) is 76.7 Å². The van der Waals surface area contributed by atoms with Crippen LogP contribution in [0.4, 0.5) is 0 Å². The van der Waals surface area contributed by atoms with Crippen molar-refractivity contribution in [3.63, 3.8) is 0 Å². The van der Waals surface area contributed by atoms with E-state index < -0.39 is 0 Å². The second kappa shape index (κ2) is 13.5. The molecule has 0 saturated heterocycles. The van der Waals surface area contributed by atoms with Gasteiger partial charge in [-0.15, -0.1) is 0 Å². The van der Waals surface area contributed by atoms with Gasteiger partial charge in [0.25, 0.3) is 0 Å². The van der Waals surface area contributed by atoms with E-state index in [1.54, 1.807) is 0 Å². The van der Waals surface area contributed by atoms with E-state index in [0.29, 0.717) is 0 Å². The average Bonchev–Trinajstić information content (AvgIpc) is 2.26. The van der Waals surface area contributed by atoms with E-state index in [1.165, 1.54) is 57.8 Å². The fourth-order valence-electron chi connectivity index (χ4n) is 1.59. The quantitative estimate of drug-likeness (QED) is 0.311. The summed E-state index contributed by atoms with van der Waals surface area (Å²) in [7, 11) is 0. The van der Waals surface area contributed by atoms with Gasteiger partial charge in [-0.2, -0.15) is 0 Å². The van der Waals surface area contributed by atoms with Gasteiger partial charge in [-0.05, 0) is 19.3 Å². The molecular formula is C15H27. The Labute approximate surface area is 96.5 Å². The first kappa shape index (κ1) is 14.5. The van der Waals surface area contributed by atoms with Gasteiger partial charge in [0.15, 0.2) is 0 Å². The molecule has 0 unspecified atom stereocenters. The summed E-state index contributed by atoms with van der Waals surface area (Å²) >= 11 is 0. The summed E-state index contributed by atoms with van der Waals surface area (Å²) < 4.78 is 0. The second-order valence-corrected chi connectivity index (χ2v) is 4.09. The molecule has 0 heteroatoms. The summed E-state index contributed by atoms with van der Waals surface area (Å²) in [5, 5.41) is 0. The van der Waals surface area contributed by atoms with Crippen LogP contribution in [0.15, 0.2) is 24.8 Å². The van der Waals surface area contributed by atoms with Gasteiger partial charge in [-0.25, -0.2) is 0 Å². The van der Waals surface area contributed by atoms with Crippen LogP contribution in [-0.4, -0.2) is 0 Å². The summed E-state index contributed by atoms with van der Waals surface area (Å²) in [6.07, 6.45) is 20.6. The minimum Gasteiger partial charge on any atom is -0.0991 e. The monoisotopic (exact) mass is 207 g/mol. The molecule has 15 heavy (non-hydrogen) atoms. The first-order valence-electron chi connectivity index (χ1n) is 6.51. The number of rotatable bonds is 11. The molecule has 0 rings (SSSR count). The molecule has 0 spiro atoms. The highest BCUT2D eigenvalue weighted by Gasteiger charge is 1.90. The van der Waals surface area contributed by atoms with Crippen LogP contribution in [0, 0.1) is 6.42 Å². The number of allylic oxidation sites excluding steroid dienone is 3. The second-order valence-electron chi connectivity index (χ2n) is 4.09. The largest absolute Gasteiger partial charge is 0.0991 e. The molecule has 0 aromatic heterocycles. The highest BCUT2D eigenvalue weighted by atomic mass is 14.0. The van der Waals surface area contributed by atoms with Crippen LogP contribution in [0.1, 0.15) is 64.7 Å². The fraction of sp³-hybridized carbons (Fsp3) is 0.667. The standard InChI is InChI=1S/C15H27/c1-3-5-7-9-11-13-15-14-12-10-8-6-4-2/h3,5,7,10H,1,4,6,8-9,11-15H2,2H3/b7-5+. The van der Waals surface area contributed by atoms with Crippen molar-refractivity contribution < 1.29 is 0 Å². The summed E-state index contributed by atoms with van der Waals surface area (Å²) in [6.45, 7) is 5.91. The molecule has 0 aromatic carbocycles. The van der Waals surface area contributed by atoms with E-state index >= 15 is 0 Å². The van der Waals surface area contributed by atoms with Gasteiger partial charge in [0.2, 0.25) is 0 Å². The van der Waals surface area contributed by atoms with Gasteiger partial charge in [-0.3, -0.25) is 0 Å². The van der Waals surface area contributed by atoms with Crippen molar-refractivity contribution in [1.29, 1.82) is 0 Å². The summed E-state index contributed by atoms with van der Waals surface area (Å²) in [5.41, 5.74) is 0. The van der Waals surface area contributed by atoms with E-state index in [4.69, 9.17) is 0 Å². The Morgan fingerprint density at radius 3 is 2.20 bits per heavy atom. The Kier molecular flexibility index (Phi) is 13.0. The van der Waals surface area contributed by atoms with Crippen LogP contribution >= 0.6 is 0 Å². The predicted molar refractivity (Wildman–Crippen MR) is 70.9 cm³/mol. The van der Waals surface area contributed by atoms with Crippen molar-refractivity contribution in [3.05, 3.63) is 31.2 Å². The van der Waals surface area contributed by atoms with Crippen molar-refractivity contribution in [2.45, 2.75) is 64.7 Å². The van der Waals surface area contributed by atoms with Crippen LogP contribution in [-0.2, 0) is 0 Å². The molecule has 0 aliphatic carbocycles. The van der Waals surface area contributed by atoms with Crippen LogP contribution in [0.5, 0.6) is 0 Å². The lowest BCUT2D eigenvalue weighted by molar-refractivity contribution is 0.627. The van der Waals surface area contributed by atoms with Crippen molar-refractivity contribution in [2.75, 3.05) is 0 Å². The van der Waals surface area contributed by atoms with E-state index in [1.807, 2.05) is 12.2 Å². The molecule has 0 saturated carbocycles. The molecule has 87 valence electrons. The molecular weight excluding hydrogens is 180 g/mol. The lowest BCUT2D eigenvalue weighted by Crippen LogP contribution is -1.81. The molecule has 1 radical (unpaired) electrons. The molecule has 0 heterocycles. The highest BCUT2D eigenvalue weighted by Crippen LogP contribution is 2.09. The average molecular weight is 207 g/mol. The van der Waals surface area contributed by atoms with Crippen LogP contribution in [0.25, 0.3) is 0 Å². The summed E-state index contributed by atoms with van der Waals surface area (Å²) in [6, 6.07) is 0. The van der Waals surface area contributed by atoms with E-state index in [-0.39, 0.29) is 0 Å². The normalized spacial score (nSPS) is 11.0. The number of hydrogen-bond acceptors (Lipinski definition) is 0. The van der Waals surface area contributed by atoms with Gasteiger partial charge >= 0.3 is 0 Å². The molecule has 0 aliphatic rings. The van der Waals surface area contributed by atoms with E-state index in [2.05, 4.69) is 26.0 Å². The van der Waals surface area contributed by atoms with Crippen molar-refractivity contribution in [3.8, 4) is 0 Å². The van der Waals surface area contributed by atoms with Gasteiger partial charge in [0, 0.05) is 0 Å². The van der Waals surface area contributed by atoms with Crippen molar-refractivity contribution >= 4 is 0 Å². The SMILES string of the molecule is C=C/C=C/CCCCCC[CH]CCCC. The Morgan fingerprint density at radius 1 is 0.867 bits per heavy atom. The molecule has 0 nitrogen and oxygen atoms in total. The summed E-state index contributed by atoms with van der Waals surface area (Å²) in [4.78, 5) is 0. The number of unbranched alkanes of at least 4 members (excludes halogenated alkanes) is 9. The zero-order valence-electron chi connectivity index (χ0n) is 10.4. The van der Waals surface area contributed by atoms with Crippen molar-refractivity contribution in [2.24, 2.45) is 0 Å². The van der Waals surface area contributed by atoms with Crippen LogP contribution < -0.4 is 0 Å². The maximum Gasteiger partial charge on any atom is -0.0348 e. The van der Waals surface area contributed by atoms with Crippen LogP contribution in [0.2, 0.25) is 0 Å². The zero-order valence-corrected chi connectivity index (χ0v) is 10.4. The minimum atomic E-state index is 1.21. The Bertz CT molecular complexity index is 144. The molecule has 0 aromatic rings. The Morgan fingerprint density at radius 2 is 1.53 bits per heavy atom. The third-order valence-electron chi connectivity index (χ3n) is 2.56. The first-order chi connectivity index (χ1) is 7.41. The third kappa shape index (κ3) is 13.5. The van der Waals surface area contributed by atoms with Crippen molar-refractivity contribution in [1.82, 2.24) is 0 Å². The third-order valence-corrected chi connectivity index (χ3v) is 2.56. The maximum absolute atomic E-state index is 3.65. The lowest BCUT2D eigenvalue weighted by atomic mass is 10.1. The molecule has 0 fully saturated rings. The smallest absolute Gasteiger partial charge is 0.0348 e. The number of hydrogen-bond donors (Lipinski definition) is 0. The molecule has 0 atom stereocenters. The van der Waals surface area contributed by atoms with E-state index in [0.717, 1.165) is 0 Å². The summed E-state index contributed by atoms with van der Waals surface area (Å²) in [5.74, 6) is 0. The van der Waals surface area contributed by atoms with Crippen LogP contribution in [0.3, 0.4) is 0 Å². The fourth-order valence-corrected chi connectivity index (χ4v) is 1.59. The van der Waals surface area contributed by atoms with Gasteiger partial charge < -0.3 is 0 Å². The highest BCUT2D eigenvalue weighted by molar-refractivity contribution is 4.96. The first-order valence-corrected chi connectivity index (χ1v) is 6.51. The van der Waals surface area contributed by atoms with Gasteiger partial charge in [0.05, 0.1) is 0 Å². The van der Waals surface area contributed by atoms with Gasteiger partial charge in [0.1, 0.15) is 0 Å². The Balaban J connectivity index is 2.92. The molecule has 0 amide bonds. The maximum atomic E-state index is 3.65. The molecule has 0 bridgehead atoms.